The summed E-state index contributed by atoms with van der Waals surface area (Å²) in [6, 6.07) is 13.3. The molecule has 26 heavy (non-hydrogen) atoms. The summed E-state index contributed by atoms with van der Waals surface area (Å²) in [5.74, 6) is 0.241. The van der Waals surface area contributed by atoms with Crippen LogP contribution in [0.5, 0.6) is 5.75 Å². The fraction of sp³-hybridized carbons (Fsp3) is 0.190. The maximum absolute atomic E-state index is 10.0. The van der Waals surface area contributed by atoms with E-state index in [1.165, 1.54) is 5.69 Å². The molecule has 1 aliphatic heterocycles. The average molecular weight is 342 g/mol. The van der Waals surface area contributed by atoms with Gasteiger partial charge in [0.2, 0.25) is 0 Å². The smallest absolute Gasteiger partial charge is 0.119 e. The molecule has 0 spiro atoms. The minimum atomic E-state index is 0.241. The van der Waals surface area contributed by atoms with Crippen molar-refractivity contribution in [3.8, 4) is 28.3 Å². The van der Waals surface area contributed by atoms with Gasteiger partial charge in [-0.1, -0.05) is 6.07 Å². The molecule has 0 saturated heterocycles. The molecule has 0 bridgehead atoms. The zero-order valence-electron chi connectivity index (χ0n) is 14.5. The van der Waals surface area contributed by atoms with Crippen molar-refractivity contribution >= 4 is 10.9 Å². The van der Waals surface area contributed by atoms with Gasteiger partial charge in [0.25, 0.3) is 0 Å². The van der Waals surface area contributed by atoms with Crippen molar-refractivity contribution in [1.82, 2.24) is 19.7 Å². The van der Waals surface area contributed by atoms with Gasteiger partial charge in [0.1, 0.15) is 11.4 Å². The normalized spacial score (nSPS) is 13.3. The van der Waals surface area contributed by atoms with Crippen molar-refractivity contribution < 1.29 is 5.11 Å². The van der Waals surface area contributed by atoms with Crippen LogP contribution in [0.3, 0.4) is 0 Å². The lowest BCUT2D eigenvalue weighted by molar-refractivity contribution is 0.476. The van der Waals surface area contributed by atoms with Gasteiger partial charge in [-0.2, -0.15) is 5.10 Å². The van der Waals surface area contributed by atoms with Crippen molar-refractivity contribution in [2.24, 2.45) is 0 Å². The van der Waals surface area contributed by atoms with Crippen LogP contribution in [0.2, 0.25) is 0 Å². The van der Waals surface area contributed by atoms with Gasteiger partial charge in [0.15, 0.2) is 0 Å². The molecular formula is C21H18N4O. The van der Waals surface area contributed by atoms with Gasteiger partial charge in [-0.15, -0.1) is 0 Å². The monoisotopic (exact) mass is 342 g/mol. The SMILES string of the molecule is Cc1cccc(-c2nn3c(c2-c2ccnc4ccc(O)cc24)CCC3)n1. The maximum atomic E-state index is 10.0. The van der Waals surface area contributed by atoms with Crippen LogP contribution in [0.15, 0.2) is 48.7 Å². The first kappa shape index (κ1) is 15.1. The molecule has 0 unspecified atom stereocenters. The van der Waals surface area contributed by atoms with Gasteiger partial charge in [0, 0.05) is 35.1 Å². The molecule has 1 N–H and O–H groups in total. The van der Waals surface area contributed by atoms with Gasteiger partial charge in [-0.25, -0.2) is 0 Å². The summed E-state index contributed by atoms with van der Waals surface area (Å²) >= 11 is 0. The van der Waals surface area contributed by atoms with E-state index in [9.17, 15) is 5.11 Å². The summed E-state index contributed by atoms with van der Waals surface area (Å²) in [6.45, 7) is 2.93. The highest BCUT2D eigenvalue weighted by Gasteiger charge is 2.25. The van der Waals surface area contributed by atoms with Crippen LogP contribution in [-0.4, -0.2) is 24.9 Å². The molecular weight excluding hydrogens is 324 g/mol. The number of aromatic nitrogens is 4. The van der Waals surface area contributed by atoms with E-state index in [2.05, 4.69) is 9.67 Å². The Hall–Kier alpha value is -3.21. The molecule has 5 heteroatoms. The minimum absolute atomic E-state index is 0.241. The molecule has 3 aromatic heterocycles. The molecule has 0 radical (unpaired) electrons. The van der Waals surface area contributed by atoms with E-state index in [1.807, 2.05) is 43.5 Å². The number of nitrogens with zero attached hydrogens (tertiary/aromatic N) is 4. The number of aryl methyl sites for hydroxylation is 2. The number of hydrogen-bond donors (Lipinski definition) is 1. The standard InChI is InChI=1S/C21H18N4O/c1-13-4-2-5-18(23-13)21-20(19-6-3-11-25(19)24-21)15-9-10-22-17-8-7-14(26)12-16(15)17/h2,4-5,7-10,12,26H,3,6,11H2,1H3. The third kappa shape index (κ3) is 2.28. The fourth-order valence-corrected chi connectivity index (χ4v) is 3.82. The van der Waals surface area contributed by atoms with Crippen molar-refractivity contribution in [3.05, 3.63) is 60.0 Å². The molecule has 4 aromatic rings. The van der Waals surface area contributed by atoms with E-state index >= 15 is 0 Å². The third-order valence-electron chi connectivity index (χ3n) is 4.97. The lowest BCUT2D eigenvalue weighted by Gasteiger charge is -2.09. The number of hydrogen-bond acceptors (Lipinski definition) is 4. The summed E-state index contributed by atoms with van der Waals surface area (Å²) < 4.78 is 2.10. The maximum Gasteiger partial charge on any atom is 0.119 e. The minimum Gasteiger partial charge on any atom is -0.508 e. The summed E-state index contributed by atoms with van der Waals surface area (Å²) in [5, 5.41) is 15.8. The lowest BCUT2D eigenvalue weighted by Crippen LogP contribution is -1.95. The Morgan fingerprint density at radius 3 is 2.92 bits per heavy atom. The highest BCUT2D eigenvalue weighted by atomic mass is 16.3. The van der Waals surface area contributed by atoms with Gasteiger partial charge in [-0.3, -0.25) is 14.6 Å². The van der Waals surface area contributed by atoms with Crippen LogP contribution in [0.4, 0.5) is 0 Å². The van der Waals surface area contributed by atoms with Crippen molar-refractivity contribution in [2.75, 3.05) is 0 Å². The molecule has 128 valence electrons. The van der Waals surface area contributed by atoms with E-state index in [1.54, 1.807) is 12.1 Å². The number of benzene rings is 1. The van der Waals surface area contributed by atoms with Crippen LogP contribution in [-0.2, 0) is 13.0 Å². The molecule has 5 rings (SSSR count). The Labute approximate surface area is 151 Å². The Morgan fingerprint density at radius 2 is 2.04 bits per heavy atom. The van der Waals surface area contributed by atoms with Gasteiger partial charge in [0.05, 0.1) is 11.2 Å². The first-order valence-electron chi connectivity index (χ1n) is 8.82. The quantitative estimate of drug-likeness (QED) is 0.595. The van der Waals surface area contributed by atoms with Crippen LogP contribution >= 0.6 is 0 Å². The van der Waals surface area contributed by atoms with E-state index in [4.69, 9.17) is 10.1 Å². The largest absolute Gasteiger partial charge is 0.508 e. The molecule has 1 aliphatic rings. The molecule has 0 amide bonds. The zero-order chi connectivity index (χ0) is 17.7. The van der Waals surface area contributed by atoms with Crippen LogP contribution in [0.1, 0.15) is 17.8 Å². The first-order chi connectivity index (χ1) is 12.7. The molecule has 1 aromatic carbocycles. The summed E-state index contributed by atoms with van der Waals surface area (Å²) in [7, 11) is 0. The number of phenolic OH excluding ortho intramolecular Hbond substituents is 1. The highest BCUT2D eigenvalue weighted by molar-refractivity contribution is 5.99. The molecule has 0 atom stereocenters. The predicted octanol–water partition coefficient (Wildman–Crippen LogP) is 4.12. The van der Waals surface area contributed by atoms with Crippen LogP contribution < -0.4 is 0 Å². The topological polar surface area (TPSA) is 63.8 Å². The van der Waals surface area contributed by atoms with Gasteiger partial charge < -0.3 is 5.11 Å². The van der Waals surface area contributed by atoms with Gasteiger partial charge >= 0.3 is 0 Å². The van der Waals surface area contributed by atoms with E-state index in [-0.39, 0.29) is 5.75 Å². The first-order valence-corrected chi connectivity index (χ1v) is 8.82. The third-order valence-corrected chi connectivity index (χ3v) is 4.97. The second kappa shape index (κ2) is 5.66. The summed E-state index contributed by atoms with van der Waals surface area (Å²) in [6.07, 6.45) is 3.92. The average Bonchev–Trinajstić information content (AvgIpc) is 3.22. The Bertz CT molecular complexity index is 1150. The van der Waals surface area contributed by atoms with E-state index in [0.29, 0.717) is 0 Å². The fourth-order valence-electron chi connectivity index (χ4n) is 3.82. The Morgan fingerprint density at radius 1 is 1.12 bits per heavy atom. The molecule has 0 aliphatic carbocycles. The Balaban J connectivity index is 1.84. The lowest BCUT2D eigenvalue weighted by atomic mass is 9.96. The number of rotatable bonds is 2. The Kier molecular flexibility index (Phi) is 3.28. The van der Waals surface area contributed by atoms with E-state index in [0.717, 1.165) is 58.5 Å². The van der Waals surface area contributed by atoms with Crippen molar-refractivity contribution in [3.63, 3.8) is 0 Å². The predicted molar refractivity (Wildman–Crippen MR) is 101 cm³/mol. The zero-order valence-corrected chi connectivity index (χ0v) is 14.5. The second-order valence-corrected chi connectivity index (χ2v) is 6.72. The van der Waals surface area contributed by atoms with Crippen molar-refractivity contribution in [2.45, 2.75) is 26.3 Å². The molecule has 4 heterocycles. The van der Waals surface area contributed by atoms with Crippen LogP contribution in [0.25, 0.3) is 33.4 Å². The van der Waals surface area contributed by atoms with Gasteiger partial charge in [-0.05, 0) is 61.7 Å². The van der Waals surface area contributed by atoms with Crippen LogP contribution in [0, 0.1) is 6.92 Å². The number of aromatic hydroxyl groups is 1. The number of fused-ring (bicyclic) bond motifs is 2. The highest BCUT2D eigenvalue weighted by Crippen LogP contribution is 2.40. The summed E-state index contributed by atoms with van der Waals surface area (Å²) in [4.78, 5) is 9.15. The number of phenols is 1. The molecule has 0 fully saturated rings. The van der Waals surface area contributed by atoms with Crippen molar-refractivity contribution in [1.29, 1.82) is 0 Å². The van der Waals surface area contributed by atoms with E-state index < -0.39 is 0 Å². The number of pyridine rings is 2. The second-order valence-electron chi connectivity index (χ2n) is 6.72. The molecule has 5 nitrogen and oxygen atoms in total. The summed E-state index contributed by atoms with van der Waals surface area (Å²) in [5.41, 5.74) is 7.01. The molecule has 0 saturated carbocycles.